The summed E-state index contributed by atoms with van der Waals surface area (Å²) >= 11 is 0. The van der Waals surface area contributed by atoms with Crippen molar-refractivity contribution in [2.75, 3.05) is 13.7 Å². The van der Waals surface area contributed by atoms with E-state index in [1.54, 1.807) is 48.5 Å². The lowest BCUT2D eigenvalue weighted by Crippen LogP contribution is -2.30. The molecule has 0 saturated carbocycles. The summed E-state index contributed by atoms with van der Waals surface area (Å²) < 4.78 is 23.9. The second-order valence-electron chi connectivity index (χ2n) is 7.01. The maximum Gasteiger partial charge on any atom is 0.251 e. The van der Waals surface area contributed by atoms with Gasteiger partial charge in [-0.25, -0.2) is 4.39 Å². The molecule has 162 valence electrons. The van der Waals surface area contributed by atoms with Crippen LogP contribution in [0.1, 0.15) is 34.5 Å². The molecule has 0 atom stereocenters. The van der Waals surface area contributed by atoms with Gasteiger partial charge >= 0.3 is 0 Å². The second kappa shape index (κ2) is 11.0. The predicted molar refractivity (Wildman–Crippen MR) is 114 cm³/mol. The van der Waals surface area contributed by atoms with Crippen LogP contribution in [0.3, 0.4) is 0 Å². The van der Waals surface area contributed by atoms with Crippen LogP contribution in [-0.2, 0) is 17.9 Å². The third-order valence-electron chi connectivity index (χ3n) is 4.71. The Morgan fingerprint density at radius 1 is 1.03 bits per heavy atom. The molecular formula is C24H25FN2O4. The molecule has 31 heavy (non-hydrogen) atoms. The van der Waals surface area contributed by atoms with Crippen molar-refractivity contribution in [2.45, 2.75) is 25.9 Å². The zero-order valence-electron chi connectivity index (χ0n) is 17.3. The molecule has 3 rings (SSSR count). The number of ether oxygens (including phenoxy) is 1. The van der Waals surface area contributed by atoms with Crippen LogP contribution >= 0.6 is 0 Å². The Balaban J connectivity index is 1.57. The third-order valence-corrected chi connectivity index (χ3v) is 4.71. The summed E-state index contributed by atoms with van der Waals surface area (Å²) in [6.45, 7) is 1.10. The first-order chi connectivity index (χ1) is 15.0. The van der Waals surface area contributed by atoms with Gasteiger partial charge in [-0.1, -0.05) is 12.1 Å². The smallest absolute Gasteiger partial charge is 0.251 e. The molecule has 0 aliphatic carbocycles. The molecule has 0 bridgehead atoms. The van der Waals surface area contributed by atoms with Crippen molar-refractivity contribution in [3.05, 3.63) is 89.6 Å². The number of benzene rings is 2. The van der Waals surface area contributed by atoms with E-state index < -0.39 is 0 Å². The molecule has 0 spiro atoms. The zero-order valence-corrected chi connectivity index (χ0v) is 17.3. The van der Waals surface area contributed by atoms with Crippen molar-refractivity contribution in [1.29, 1.82) is 0 Å². The lowest BCUT2D eigenvalue weighted by molar-refractivity contribution is -0.133. The molecule has 0 aliphatic heterocycles. The van der Waals surface area contributed by atoms with Crippen molar-refractivity contribution < 1.29 is 23.1 Å². The minimum absolute atomic E-state index is 0.0329. The van der Waals surface area contributed by atoms with E-state index >= 15 is 0 Å². The molecule has 7 heteroatoms. The Labute approximate surface area is 180 Å². The summed E-state index contributed by atoms with van der Waals surface area (Å²) in [5.74, 6) is 0.751. The molecule has 1 N–H and O–H groups in total. The topological polar surface area (TPSA) is 71.8 Å². The van der Waals surface area contributed by atoms with E-state index in [4.69, 9.17) is 9.15 Å². The third kappa shape index (κ3) is 6.70. The van der Waals surface area contributed by atoms with Crippen LogP contribution in [0.25, 0.3) is 0 Å². The largest absolute Gasteiger partial charge is 0.494 e. The molecule has 2 amide bonds. The number of rotatable bonds is 10. The first-order valence-corrected chi connectivity index (χ1v) is 10.0. The fourth-order valence-corrected chi connectivity index (χ4v) is 3.05. The molecule has 3 aromatic rings. The van der Waals surface area contributed by atoms with Gasteiger partial charge in [-0.15, -0.1) is 0 Å². The van der Waals surface area contributed by atoms with Gasteiger partial charge in [0, 0.05) is 25.6 Å². The molecular weight excluding hydrogens is 399 g/mol. The quantitative estimate of drug-likeness (QED) is 0.496. The summed E-state index contributed by atoms with van der Waals surface area (Å²) in [6.07, 6.45) is 2.41. The standard InChI is InChI=1S/C24H25FN2O4/c1-26-24(29)19-8-6-18(7-9-19)16-27(17-22-4-2-14-31-22)23(28)5-3-15-30-21-12-10-20(25)11-13-21/h2,4,6-14H,3,5,15-17H2,1H3,(H,26,29). The van der Waals surface area contributed by atoms with Crippen LogP contribution in [-0.4, -0.2) is 30.4 Å². The lowest BCUT2D eigenvalue weighted by atomic mass is 10.1. The fourth-order valence-electron chi connectivity index (χ4n) is 3.05. The highest BCUT2D eigenvalue weighted by Crippen LogP contribution is 2.15. The van der Waals surface area contributed by atoms with Gasteiger partial charge in [0.15, 0.2) is 0 Å². The lowest BCUT2D eigenvalue weighted by Gasteiger charge is -2.22. The minimum atomic E-state index is -0.320. The van der Waals surface area contributed by atoms with Gasteiger partial charge in [0.1, 0.15) is 17.3 Å². The van der Waals surface area contributed by atoms with Crippen molar-refractivity contribution in [1.82, 2.24) is 10.2 Å². The van der Waals surface area contributed by atoms with Crippen LogP contribution in [0.2, 0.25) is 0 Å². The van der Waals surface area contributed by atoms with E-state index in [-0.39, 0.29) is 17.6 Å². The Kier molecular flexibility index (Phi) is 7.81. The zero-order chi connectivity index (χ0) is 22.1. The first kappa shape index (κ1) is 22.1. The molecule has 0 fully saturated rings. The van der Waals surface area contributed by atoms with Crippen molar-refractivity contribution in [2.24, 2.45) is 0 Å². The van der Waals surface area contributed by atoms with Crippen LogP contribution in [0.15, 0.2) is 71.3 Å². The van der Waals surface area contributed by atoms with E-state index in [1.165, 1.54) is 12.1 Å². The van der Waals surface area contributed by atoms with Crippen LogP contribution in [0.4, 0.5) is 4.39 Å². The number of nitrogens with zero attached hydrogens (tertiary/aromatic N) is 1. The Morgan fingerprint density at radius 2 is 1.77 bits per heavy atom. The molecule has 0 aliphatic rings. The normalized spacial score (nSPS) is 10.5. The molecule has 0 saturated heterocycles. The number of carbonyl (C=O) groups is 2. The van der Waals surface area contributed by atoms with Crippen molar-refractivity contribution in [3.8, 4) is 5.75 Å². The summed E-state index contributed by atoms with van der Waals surface area (Å²) in [6, 6.07) is 16.5. The average molecular weight is 424 g/mol. The van der Waals surface area contributed by atoms with Crippen LogP contribution < -0.4 is 10.1 Å². The molecule has 6 nitrogen and oxygen atoms in total. The van der Waals surface area contributed by atoms with E-state index in [9.17, 15) is 14.0 Å². The van der Waals surface area contributed by atoms with Crippen molar-refractivity contribution in [3.63, 3.8) is 0 Å². The maximum atomic E-state index is 13.0. The highest BCUT2D eigenvalue weighted by molar-refractivity contribution is 5.93. The fraction of sp³-hybridized carbons (Fsp3) is 0.250. The van der Waals surface area contributed by atoms with E-state index in [0.29, 0.717) is 49.6 Å². The monoisotopic (exact) mass is 424 g/mol. The molecule has 1 heterocycles. The summed E-state index contributed by atoms with van der Waals surface area (Å²) in [5.41, 5.74) is 1.48. The van der Waals surface area contributed by atoms with Crippen LogP contribution in [0.5, 0.6) is 5.75 Å². The number of halogens is 1. The SMILES string of the molecule is CNC(=O)c1ccc(CN(Cc2ccco2)C(=O)CCCOc2ccc(F)cc2)cc1. The van der Waals surface area contributed by atoms with Crippen molar-refractivity contribution >= 4 is 11.8 Å². The van der Waals surface area contributed by atoms with Gasteiger partial charge in [-0.2, -0.15) is 0 Å². The highest BCUT2D eigenvalue weighted by Gasteiger charge is 2.16. The highest BCUT2D eigenvalue weighted by atomic mass is 19.1. The molecule has 2 aromatic carbocycles. The number of hydrogen-bond acceptors (Lipinski definition) is 4. The Morgan fingerprint density at radius 3 is 2.42 bits per heavy atom. The van der Waals surface area contributed by atoms with Gasteiger partial charge in [0.25, 0.3) is 5.91 Å². The molecule has 1 aromatic heterocycles. The van der Waals surface area contributed by atoms with Gasteiger partial charge in [-0.3, -0.25) is 9.59 Å². The van der Waals surface area contributed by atoms with Gasteiger partial charge in [-0.05, 0) is 60.5 Å². The number of carbonyl (C=O) groups excluding carboxylic acids is 2. The predicted octanol–water partition coefficient (Wildman–Crippen LogP) is 4.17. The van der Waals surface area contributed by atoms with Crippen LogP contribution in [0, 0.1) is 5.82 Å². The minimum Gasteiger partial charge on any atom is -0.494 e. The molecule has 0 radical (unpaired) electrons. The molecule has 0 unspecified atom stereocenters. The maximum absolute atomic E-state index is 13.0. The van der Waals surface area contributed by atoms with Gasteiger partial charge in [0.2, 0.25) is 5.91 Å². The number of furan rings is 1. The van der Waals surface area contributed by atoms with E-state index in [0.717, 1.165) is 5.56 Å². The first-order valence-electron chi connectivity index (χ1n) is 10.0. The Hall–Kier alpha value is -3.61. The number of nitrogens with one attached hydrogen (secondary N) is 1. The van der Waals surface area contributed by atoms with Gasteiger partial charge < -0.3 is 19.4 Å². The second-order valence-corrected chi connectivity index (χ2v) is 7.01. The number of hydrogen-bond donors (Lipinski definition) is 1. The number of amides is 2. The van der Waals surface area contributed by atoms with E-state index in [1.807, 2.05) is 18.2 Å². The van der Waals surface area contributed by atoms with E-state index in [2.05, 4.69) is 5.32 Å². The summed E-state index contributed by atoms with van der Waals surface area (Å²) in [7, 11) is 1.58. The van der Waals surface area contributed by atoms with Gasteiger partial charge in [0.05, 0.1) is 19.4 Å². The summed E-state index contributed by atoms with van der Waals surface area (Å²) in [5, 5.41) is 2.59. The Bertz CT molecular complexity index is 970. The average Bonchev–Trinajstić information content (AvgIpc) is 3.30. The summed E-state index contributed by atoms with van der Waals surface area (Å²) in [4.78, 5) is 26.3.